The van der Waals surface area contributed by atoms with Gasteiger partial charge < -0.3 is 0 Å². The van der Waals surface area contributed by atoms with Crippen molar-refractivity contribution < 1.29 is 8.78 Å². The van der Waals surface area contributed by atoms with Gasteiger partial charge in [-0.1, -0.05) is 6.07 Å². The van der Waals surface area contributed by atoms with E-state index in [1.807, 2.05) is 6.07 Å². The highest BCUT2D eigenvalue weighted by atomic mass is 19.1. The maximum atomic E-state index is 11.9. The zero-order valence-electron chi connectivity index (χ0n) is 3.91. The van der Waals surface area contributed by atoms with Crippen molar-refractivity contribution in [3.05, 3.63) is 35.9 Å². The lowest BCUT2D eigenvalue weighted by Crippen LogP contribution is -1.70. The van der Waals surface area contributed by atoms with E-state index < -0.39 is 11.6 Å². The van der Waals surface area contributed by atoms with Gasteiger partial charge in [-0.15, -0.1) is 0 Å². The molecule has 0 aromatic heterocycles. The Kier molecular flexibility index (Phi) is 1.13. The molecule has 1 aromatic rings. The van der Waals surface area contributed by atoms with Crippen molar-refractivity contribution in [2.45, 2.75) is 0 Å². The second-order valence-electron chi connectivity index (χ2n) is 1.29. The molecule has 0 unspecified atom stereocenters. The largest absolute Gasteiger partial charge is 0.206 e. The Morgan fingerprint density at radius 2 is 2.12 bits per heavy atom. The highest BCUT2D eigenvalue weighted by Gasteiger charge is 1.86. The molecule has 0 saturated heterocycles. The summed E-state index contributed by atoms with van der Waals surface area (Å²) in [4.78, 5) is 0. The normalized spacial score (nSPS) is 8.25. The summed E-state index contributed by atoms with van der Waals surface area (Å²) in [5.41, 5.74) is 0. The molecule has 1 aromatic carbocycles. The SMILES string of the molecule is Fc1c#ccc(F)c1. The van der Waals surface area contributed by atoms with Crippen molar-refractivity contribution in [3.63, 3.8) is 0 Å². The van der Waals surface area contributed by atoms with E-state index in [-0.39, 0.29) is 0 Å². The fraction of sp³-hybridized carbons (Fsp3) is 0. The summed E-state index contributed by atoms with van der Waals surface area (Å²) in [6.07, 6.45) is 0. The Labute approximate surface area is 45.8 Å². The molecule has 0 atom stereocenters. The van der Waals surface area contributed by atoms with Gasteiger partial charge in [-0.2, -0.15) is 4.39 Å². The van der Waals surface area contributed by atoms with E-state index in [1.54, 1.807) is 0 Å². The lowest BCUT2D eigenvalue weighted by Gasteiger charge is -1.78. The maximum absolute atomic E-state index is 11.9. The van der Waals surface area contributed by atoms with Crippen LogP contribution in [0.3, 0.4) is 0 Å². The summed E-state index contributed by atoms with van der Waals surface area (Å²) >= 11 is 0. The van der Waals surface area contributed by atoms with Crippen LogP contribution in [0.1, 0.15) is 0 Å². The van der Waals surface area contributed by atoms with Crippen LogP contribution in [0, 0.1) is 23.8 Å². The van der Waals surface area contributed by atoms with E-state index in [0.29, 0.717) is 0 Å². The first kappa shape index (κ1) is 5.04. The highest BCUT2D eigenvalue weighted by molar-refractivity contribution is 4.96. The number of halogens is 2. The number of rotatable bonds is 0. The first-order chi connectivity index (χ1) is 3.79. The zero-order valence-corrected chi connectivity index (χ0v) is 3.91. The van der Waals surface area contributed by atoms with Gasteiger partial charge in [0.15, 0.2) is 5.82 Å². The Morgan fingerprint density at radius 3 is 2.50 bits per heavy atom. The van der Waals surface area contributed by atoms with E-state index in [4.69, 9.17) is 0 Å². The van der Waals surface area contributed by atoms with Crippen LogP contribution in [0.25, 0.3) is 0 Å². The van der Waals surface area contributed by atoms with Crippen LogP contribution < -0.4 is 0 Å². The van der Waals surface area contributed by atoms with Gasteiger partial charge in [0, 0.05) is 12.1 Å². The molecule has 0 bridgehead atoms. The van der Waals surface area contributed by atoms with Crippen LogP contribution in [0.15, 0.2) is 12.1 Å². The molecule has 0 radical (unpaired) electrons. The molecule has 1 rings (SSSR count). The van der Waals surface area contributed by atoms with Crippen molar-refractivity contribution in [3.8, 4) is 0 Å². The Morgan fingerprint density at radius 1 is 1.38 bits per heavy atom. The molecule has 0 heterocycles. The van der Waals surface area contributed by atoms with Crippen molar-refractivity contribution in [1.82, 2.24) is 0 Å². The van der Waals surface area contributed by atoms with Crippen molar-refractivity contribution >= 4 is 0 Å². The first-order valence-electron chi connectivity index (χ1n) is 2.03. The standard InChI is InChI=1S/C6H2F2/c7-5-2-1-3-6(8)4-5/h2,4H. The summed E-state index contributed by atoms with van der Waals surface area (Å²) in [5.74, 6) is -1.34. The monoisotopic (exact) mass is 112 g/mol. The van der Waals surface area contributed by atoms with E-state index in [9.17, 15) is 8.78 Å². The number of hydrogen-bond acceptors (Lipinski definition) is 0. The molecule has 0 saturated carbocycles. The smallest absolute Gasteiger partial charge is 0.176 e. The lowest BCUT2D eigenvalue weighted by molar-refractivity contribution is 0.585. The van der Waals surface area contributed by atoms with Gasteiger partial charge in [-0.3, -0.25) is 0 Å². The number of hydrogen-bond donors (Lipinski definition) is 0. The quantitative estimate of drug-likeness (QED) is 0.477. The predicted octanol–water partition coefficient (Wildman–Crippen LogP) is 1.57. The van der Waals surface area contributed by atoms with Crippen LogP contribution in [-0.2, 0) is 0 Å². The van der Waals surface area contributed by atoms with Crippen molar-refractivity contribution in [2.75, 3.05) is 0 Å². The first-order valence-corrected chi connectivity index (χ1v) is 2.03. The molecule has 0 fully saturated rings. The van der Waals surface area contributed by atoms with Crippen molar-refractivity contribution in [1.29, 1.82) is 0 Å². The Hall–Kier alpha value is -1.10. The summed E-state index contributed by atoms with van der Waals surface area (Å²) in [6.45, 7) is 0. The molecular weight excluding hydrogens is 110 g/mol. The topological polar surface area (TPSA) is 0 Å². The summed E-state index contributed by atoms with van der Waals surface area (Å²) in [5, 5.41) is 0. The van der Waals surface area contributed by atoms with Crippen molar-refractivity contribution in [2.24, 2.45) is 0 Å². The molecule has 0 N–H and O–H groups in total. The van der Waals surface area contributed by atoms with Gasteiger partial charge in [0.2, 0.25) is 0 Å². The molecular formula is C6H2F2. The van der Waals surface area contributed by atoms with Gasteiger partial charge in [-0.25, -0.2) is 4.39 Å². The molecule has 0 spiro atoms. The third-order valence-electron chi connectivity index (χ3n) is 0.666. The average Bonchev–Trinajstić information content (AvgIpc) is 1.64. The van der Waals surface area contributed by atoms with Crippen LogP contribution in [-0.4, -0.2) is 0 Å². The summed E-state index contributed by atoms with van der Waals surface area (Å²) < 4.78 is 23.7. The summed E-state index contributed by atoms with van der Waals surface area (Å²) in [7, 11) is 0. The van der Waals surface area contributed by atoms with E-state index in [2.05, 4.69) is 6.07 Å². The Bertz CT molecular complexity index is 166. The molecule has 2 heteroatoms. The van der Waals surface area contributed by atoms with E-state index in [1.165, 1.54) is 0 Å². The predicted molar refractivity (Wildman–Crippen MR) is 24.0 cm³/mol. The second kappa shape index (κ2) is 1.79. The van der Waals surface area contributed by atoms with Gasteiger partial charge in [0.05, 0.1) is 0 Å². The van der Waals surface area contributed by atoms with Crippen LogP contribution in [0.4, 0.5) is 8.78 Å². The molecule has 8 heavy (non-hydrogen) atoms. The molecule has 0 amide bonds. The highest BCUT2D eigenvalue weighted by Crippen LogP contribution is 1.94. The van der Waals surface area contributed by atoms with Gasteiger partial charge in [-0.05, 0) is 6.07 Å². The van der Waals surface area contributed by atoms with Gasteiger partial charge in [0.25, 0.3) is 0 Å². The molecule has 0 aliphatic carbocycles. The van der Waals surface area contributed by atoms with E-state index >= 15 is 0 Å². The lowest BCUT2D eigenvalue weighted by atomic mass is 10.4. The molecule has 0 aliphatic rings. The Balaban J connectivity index is 3.08. The van der Waals surface area contributed by atoms with Gasteiger partial charge in [0.1, 0.15) is 5.82 Å². The molecule has 0 nitrogen and oxygen atoms in total. The molecule has 40 valence electrons. The molecule has 0 aliphatic heterocycles. The minimum Gasteiger partial charge on any atom is -0.206 e. The maximum Gasteiger partial charge on any atom is 0.176 e. The van der Waals surface area contributed by atoms with E-state index in [0.717, 1.165) is 12.1 Å². The van der Waals surface area contributed by atoms with Gasteiger partial charge >= 0.3 is 0 Å². The zero-order chi connectivity index (χ0) is 5.98. The third-order valence-corrected chi connectivity index (χ3v) is 0.666. The minimum absolute atomic E-state index is 0.624. The summed E-state index contributed by atoms with van der Waals surface area (Å²) in [6, 6.07) is 5.96. The van der Waals surface area contributed by atoms with Crippen LogP contribution >= 0.6 is 0 Å². The van der Waals surface area contributed by atoms with Crippen LogP contribution in [0.5, 0.6) is 0 Å². The minimum atomic E-state index is -0.718. The fourth-order valence-corrected chi connectivity index (χ4v) is 0.373. The fourth-order valence-electron chi connectivity index (χ4n) is 0.373. The average molecular weight is 112 g/mol. The van der Waals surface area contributed by atoms with Crippen LogP contribution in [0.2, 0.25) is 0 Å². The second-order valence-corrected chi connectivity index (χ2v) is 1.29. The third kappa shape index (κ3) is 0.941.